The van der Waals surface area contributed by atoms with Crippen LogP contribution < -0.4 is 0 Å². The molecule has 0 atom stereocenters. The van der Waals surface area contributed by atoms with Gasteiger partial charge in [-0.05, 0) is 18.9 Å². The summed E-state index contributed by atoms with van der Waals surface area (Å²) in [5.41, 5.74) is 2.63. The predicted octanol–water partition coefficient (Wildman–Crippen LogP) is 1.94. The number of aromatic carboxylic acids is 1. The van der Waals surface area contributed by atoms with Gasteiger partial charge in [0.2, 0.25) is 0 Å². The standard InChI is InChI=1S/C12H15N3O2/c1-3-5-9-6-10(12(16)17)15-11(14-9)8(4-2)7-13-15/h6-7H,3-5H2,1-2H3,(H,16,17). The van der Waals surface area contributed by atoms with E-state index in [4.69, 9.17) is 5.11 Å². The summed E-state index contributed by atoms with van der Waals surface area (Å²) in [6.45, 7) is 4.05. The highest BCUT2D eigenvalue weighted by Gasteiger charge is 2.14. The number of carbonyl (C=O) groups is 1. The number of hydrogen-bond acceptors (Lipinski definition) is 3. The zero-order valence-electron chi connectivity index (χ0n) is 9.97. The van der Waals surface area contributed by atoms with Crippen molar-refractivity contribution in [2.24, 2.45) is 0 Å². The maximum absolute atomic E-state index is 11.2. The molecule has 0 fully saturated rings. The van der Waals surface area contributed by atoms with Crippen LogP contribution in [0, 0.1) is 0 Å². The summed E-state index contributed by atoms with van der Waals surface area (Å²) in [7, 11) is 0. The molecule has 0 saturated carbocycles. The first-order valence-electron chi connectivity index (χ1n) is 5.77. The summed E-state index contributed by atoms with van der Waals surface area (Å²) in [5, 5.41) is 13.3. The quantitative estimate of drug-likeness (QED) is 0.876. The minimum atomic E-state index is -0.972. The van der Waals surface area contributed by atoms with E-state index in [1.54, 1.807) is 12.3 Å². The van der Waals surface area contributed by atoms with Gasteiger partial charge in [-0.15, -0.1) is 0 Å². The van der Waals surface area contributed by atoms with Crippen molar-refractivity contribution in [2.75, 3.05) is 0 Å². The Balaban J connectivity index is 2.69. The molecule has 0 aliphatic rings. The van der Waals surface area contributed by atoms with Gasteiger partial charge in [0.25, 0.3) is 0 Å². The molecule has 2 heterocycles. The molecule has 1 N–H and O–H groups in total. The smallest absolute Gasteiger partial charge is 0.354 e. The van der Waals surface area contributed by atoms with Crippen LogP contribution in [0.25, 0.3) is 5.65 Å². The van der Waals surface area contributed by atoms with Crippen molar-refractivity contribution in [3.8, 4) is 0 Å². The lowest BCUT2D eigenvalue weighted by molar-refractivity contribution is 0.0687. The van der Waals surface area contributed by atoms with Gasteiger partial charge in [-0.3, -0.25) is 0 Å². The number of aryl methyl sites for hydroxylation is 2. The molecule has 17 heavy (non-hydrogen) atoms. The van der Waals surface area contributed by atoms with E-state index in [2.05, 4.69) is 10.1 Å². The highest BCUT2D eigenvalue weighted by atomic mass is 16.4. The highest BCUT2D eigenvalue weighted by Crippen LogP contribution is 2.14. The molecule has 5 heteroatoms. The Morgan fingerprint density at radius 3 is 2.82 bits per heavy atom. The Morgan fingerprint density at radius 2 is 2.24 bits per heavy atom. The SMILES string of the molecule is CCCc1cc(C(=O)O)n2ncc(CC)c2n1. The molecule has 0 aromatic carbocycles. The molecule has 2 aromatic heterocycles. The van der Waals surface area contributed by atoms with Gasteiger partial charge in [-0.25, -0.2) is 14.3 Å². The van der Waals surface area contributed by atoms with Gasteiger partial charge in [0.1, 0.15) is 0 Å². The summed E-state index contributed by atoms with van der Waals surface area (Å²) < 4.78 is 1.40. The van der Waals surface area contributed by atoms with Crippen molar-refractivity contribution in [1.82, 2.24) is 14.6 Å². The maximum Gasteiger partial charge on any atom is 0.354 e. The molecule has 0 amide bonds. The Morgan fingerprint density at radius 1 is 1.47 bits per heavy atom. The first-order chi connectivity index (χ1) is 8.17. The van der Waals surface area contributed by atoms with Gasteiger partial charge >= 0.3 is 5.97 Å². The van der Waals surface area contributed by atoms with Gasteiger partial charge in [0.15, 0.2) is 11.3 Å². The molecule has 0 unspecified atom stereocenters. The Labute approximate surface area is 99.1 Å². The third kappa shape index (κ3) is 2.00. The molecule has 2 rings (SSSR count). The van der Waals surface area contributed by atoms with Crippen LogP contribution in [0.1, 0.15) is 42.0 Å². The van der Waals surface area contributed by atoms with Crippen LogP contribution in [0.4, 0.5) is 0 Å². The van der Waals surface area contributed by atoms with Gasteiger partial charge in [-0.2, -0.15) is 5.10 Å². The number of carboxylic acid groups (broad SMARTS) is 1. The van der Waals surface area contributed by atoms with Gasteiger partial charge in [0.05, 0.1) is 6.20 Å². The van der Waals surface area contributed by atoms with E-state index < -0.39 is 5.97 Å². The first-order valence-corrected chi connectivity index (χ1v) is 5.77. The summed E-state index contributed by atoms with van der Waals surface area (Å²) in [6.07, 6.45) is 4.21. The average Bonchev–Trinajstić information content (AvgIpc) is 2.71. The topological polar surface area (TPSA) is 67.5 Å². The van der Waals surface area contributed by atoms with Crippen molar-refractivity contribution in [2.45, 2.75) is 33.1 Å². The molecular formula is C12H15N3O2. The number of nitrogens with zero attached hydrogens (tertiary/aromatic N) is 3. The summed E-state index contributed by atoms with van der Waals surface area (Å²) in [4.78, 5) is 15.7. The molecule has 2 aromatic rings. The van der Waals surface area contributed by atoms with E-state index in [0.29, 0.717) is 5.65 Å². The van der Waals surface area contributed by atoms with Crippen molar-refractivity contribution in [3.63, 3.8) is 0 Å². The normalized spacial score (nSPS) is 10.9. The van der Waals surface area contributed by atoms with Crippen LogP contribution in [0.2, 0.25) is 0 Å². The minimum absolute atomic E-state index is 0.179. The lowest BCUT2D eigenvalue weighted by Gasteiger charge is -2.04. The zero-order chi connectivity index (χ0) is 12.4. The predicted molar refractivity (Wildman–Crippen MR) is 63.3 cm³/mol. The largest absolute Gasteiger partial charge is 0.477 e. The van der Waals surface area contributed by atoms with Crippen LogP contribution >= 0.6 is 0 Å². The Bertz CT molecular complexity index is 560. The second-order valence-corrected chi connectivity index (χ2v) is 3.95. The molecule has 0 radical (unpaired) electrons. The highest BCUT2D eigenvalue weighted by molar-refractivity contribution is 5.86. The first kappa shape index (κ1) is 11.6. The van der Waals surface area contributed by atoms with Crippen LogP contribution in [0.15, 0.2) is 12.3 Å². The van der Waals surface area contributed by atoms with Crippen molar-refractivity contribution < 1.29 is 9.90 Å². The molecule has 0 saturated heterocycles. The fourth-order valence-electron chi connectivity index (χ4n) is 1.84. The fourth-order valence-corrected chi connectivity index (χ4v) is 1.84. The number of carboxylic acids is 1. The molecular weight excluding hydrogens is 218 g/mol. The molecule has 0 aliphatic carbocycles. The summed E-state index contributed by atoms with van der Waals surface area (Å²) in [5.74, 6) is -0.972. The molecule has 0 spiro atoms. The number of aromatic nitrogens is 3. The lowest BCUT2D eigenvalue weighted by Crippen LogP contribution is -2.09. The Hall–Kier alpha value is -1.91. The minimum Gasteiger partial charge on any atom is -0.477 e. The van der Waals surface area contributed by atoms with E-state index in [1.165, 1.54) is 4.52 Å². The van der Waals surface area contributed by atoms with E-state index in [9.17, 15) is 4.79 Å². The lowest BCUT2D eigenvalue weighted by atomic mass is 10.2. The summed E-state index contributed by atoms with van der Waals surface area (Å²) in [6, 6.07) is 1.60. The van der Waals surface area contributed by atoms with Crippen molar-refractivity contribution in [3.05, 3.63) is 29.2 Å². The fraction of sp³-hybridized carbons (Fsp3) is 0.417. The molecule has 90 valence electrons. The second kappa shape index (κ2) is 4.53. The van der Waals surface area contributed by atoms with Crippen molar-refractivity contribution in [1.29, 1.82) is 0 Å². The third-order valence-corrected chi connectivity index (χ3v) is 2.70. The van der Waals surface area contributed by atoms with Crippen LogP contribution in [0.5, 0.6) is 0 Å². The van der Waals surface area contributed by atoms with Crippen LogP contribution in [-0.4, -0.2) is 25.7 Å². The monoisotopic (exact) mass is 233 g/mol. The zero-order valence-corrected chi connectivity index (χ0v) is 9.97. The molecule has 0 aliphatic heterocycles. The van der Waals surface area contributed by atoms with Crippen LogP contribution in [0.3, 0.4) is 0 Å². The number of rotatable bonds is 4. The van der Waals surface area contributed by atoms with Crippen LogP contribution in [-0.2, 0) is 12.8 Å². The number of fused-ring (bicyclic) bond motifs is 1. The van der Waals surface area contributed by atoms with Gasteiger partial charge < -0.3 is 5.11 Å². The Kier molecular flexibility index (Phi) is 3.08. The van der Waals surface area contributed by atoms with Crippen molar-refractivity contribution >= 4 is 11.6 Å². The van der Waals surface area contributed by atoms with E-state index in [-0.39, 0.29) is 5.69 Å². The third-order valence-electron chi connectivity index (χ3n) is 2.70. The second-order valence-electron chi connectivity index (χ2n) is 3.95. The summed E-state index contributed by atoms with van der Waals surface area (Å²) >= 11 is 0. The van der Waals surface area contributed by atoms with E-state index in [1.807, 2.05) is 13.8 Å². The maximum atomic E-state index is 11.2. The van der Waals surface area contributed by atoms with E-state index in [0.717, 1.165) is 30.5 Å². The van der Waals surface area contributed by atoms with Gasteiger partial charge in [-0.1, -0.05) is 20.3 Å². The van der Waals surface area contributed by atoms with Gasteiger partial charge in [0, 0.05) is 11.3 Å². The molecule has 5 nitrogen and oxygen atoms in total. The molecule has 0 bridgehead atoms. The van der Waals surface area contributed by atoms with E-state index >= 15 is 0 Å². The average molecular weight is 233 g/mol. The number of hydrogen-bond donors (Lipinski definition) is 1.